The van der Waals surface area contributed by atoms with Gasteiger partial charge in [-0.15, -0.1) is 0 Å². The Bertz CT molecular complexity index is 468. The van der Waals surface area contributed by atoms with Crippen LogP contribution in [-0.4, -0.2) is 12.1 Å². The summed E-state index contributed by atoms with van der Waals surface area (Å²) in [6.07, 6.45) is 8.57. The topological polar surface area (TPSA) is 21.3 Å². The maximum Gasteiger partial charge on any atom is 0.125 e. The summed E-state index contributed by atoms with van der Waals surface area (Å²) in [7, 11) is 0. The van der Waals surface area contributed by atoms with Gasteiger partial charge in [0.2, 0.25) is 0 Å². The summed E-state index contributed by atoms with van der Waals surface area (Å²) in [6.45, 7) is 3.26. The number of halogens is 1. The highest BCUT2D eigenvalue weighted by Gasteiger charge is 2.41. The van der Waals surface area contributed by atoms with Gasteiger partial charge in [-0.3, -0.25) is 0 Å². The molecule has 3 rings (SSSR count). The van der Waals surface area contributed by atoms with Crippen molar-refractivity contribution in [2.24, 2.45) is 0 Å². The fourth-order valence-electron chi connectivity index (χ4n) is 3.64. The molecule has 1 aliphatic heterocycles. The first-order valence-corrected chi connectivity index (χ1v) is 8.32. The predicted octanol–water partition coefficient (Wildman–Crippen LogP) is 4.87. The van der Waals surface area contributed by atoms with E-state index in [-0.39, 0.29) is 5.60 Å². The average molecular weight is 294 g/mol. The van der Waals surface area contributed by atoms with Crippen LogP contribution in [0.25, 0.3) is 0 Å². The molecule has 2 nitrogen and oxygen atoms in total. The molecule has 1 aromatic rings. The molecule has 2 aliphatic rings. The molecule has 0 radical (unpaired) electrons. The van der Waals surface area contributed by atoms with Crippen LogP contribution in [0.4, 0.5) is 0 Å². The number of fused-ring (bicyclic) bond motifs is 1. The lowest BCUT2D eigenvalue weighted by Gasteiger charge is -2.45. The van der Waals surface area contributed by atoms with Crippen molar-refractivity contribution in [3.63, 3.8) is 0 Å². The Hall–Kier alpha value is -0.730. The van der Waals surface area contributed by atoms with E-state index < -0.39 is 0 Å². The minimum Gasteiger partial charge on any atom is -0.487 e. The lowest BCUT2D eigenvalue weighted by molar-refractivity contribution is -0.00260. The number of rotatable bonds is 3. The first-order valence-electron chi connectivity index (χ1n) is 7.94. The van der Waals surface area contributed by atoms with Crippen molar-refractivity contribution >= 4 is 11.6 Å². The standard InChI is InChI=1S/C17H24ClNO/c1-2-10-19-15-12-17(8-4-3-5-9-17)20-16-7-6-13(18)11-14(15)16/h6-7,11,15,19H,2-5,8-10,12H2,1H3. The molecule has 1 saturated carbocycles. The number of hydrogen-bond donors (Lipinski definition) is 1. The second-order valence-electron chi connectivity index (χ2n) is 6.24. The van der Waals surface area contributed by atoms with Crippen LogP contribution >= 0.6 is 11.6 Å². The van der Waals surface area contributed by atoms with E-state index in [4.69, 9.17) is 16.3 Å². The zero-order valence-corrected chi connectivity index (χ0v) is 13.0. The van der Waals surface area contributed by atoms with Gasteiger partial charge >= 0.3 is 0 Å². The Labute approximate surface area is 126 Å². The number of nitrogens with one attached hydrogen (secondary N) is 1. The molecule has 1 fully saturated rings. The third-order valence-corrected chi connectivity index (χ3v) is 4.89. The predicted molar refractivity (Wildman–Crippen MR) is 83.5 cm³/mol. The fraction of sp³-hybridized carbons (Fsp3) is 0.647. The highest BCUT2D eigenvalue weighted by atomic mass is 35.5. The molecule has 1 aromatic carbocycles. The first kappa shape index (κ1) is 14.2. The summed E-state index contributed by atoms with van der Waals surface area (Å²) in [4.78, 5) is 0. The molecule has 0 saturated heterocycles. The van der Waals surface area contributed by atoms with Crippen LogP contribution in [0.3, 0.4) is 0 Å². The van der Waals surface area contributed by atoms with Gasteiger partial charge in [-0.05, 0) is 56.8 Å². The van der Waals surface area contributed by atoms with Gasteiger partial charge in [0.25, 0.3) is 0 Å². The van der Waals surface area contributed by atoms with Crippen LogP contribution in [-0.2, 0) is 0 Å². The van der Waals surface area contributed by atoms with Crippen molar-refractivity contribution in [1.29, 1.82) is 0 Å². The summed E-state index contributed by atoms with van der Waals surface area (Å²) >= 11 is 6.17. The lowest BCUT2D eigenvalue weighted by atomic mass is 9.77. The monoisotopic (exact) mass is 293 g/mol. The zero-order chi connectivity index (χ0) is 14.0. The van der Waals surface area contributed by atoms with Crippen molar-refractivity contribution in [3.8, 4) is 5.75 Å². The molecule has 110 valence electrons. The molecule has 0 aromatic heterocycles. The quantitative estimate of drug-likeness (QED) is 0.859. The normalized spacial score (nSPS) is 24.2. The molecular weight excluding hydrogens is 270 g/mol. The van der Waals surface area contributed by atoms with E-state index >= 15 is 0 Å². The summed E-state index contributed by atoms with van der Waals surface area (Å²) in [5, 5.41) is 4.49. The van der Waals surface area contributed by atoms with Gasteiger partial charge < -0.3 is 10.1 Å². The third-order valence-electron chi connectivity index (χ3n) is 4.66. The Morgan fingerprint density at radius 2 is 2.10 bits per heavy atom. The molecule has 0 bridgehead atoms. The lowest BCUT2D eigenvalue weighted by Crippen LogP contribution is -2.45. The molecule has 20 heavy (non-hydrogen) atoms. The Balaban J connectivity index is 1.90. The van der Waals surface area contributed by atoms with Gasteiger partial charge in [-0.2, -0.15) is 0 Å². The summed E-state index contributed by atoms with van der Waals surface area (Å²) in [5.41, 5.74) is 1.30. The zero-order valence-electron chi connectivity index (χ0n) is 12.3. The van der Waals surface area contributed by atoms with E-state index in [1.807, 2.05) is 12.1 Å². The molecular formula is C17H24ClNO. The van der Waals surface area contributed by atoms with Gasteiger partial charge in [0.05, 0.1) is 0 Å². The van der Waals surface area contributed by atoms with Crippen LogP contribution in [0.5, 0.6) is 5.75 Å². The van der Waals surface area contributed by atoms with Gasteiger partial charge in [0.15, 0.2) is 0 Å². The second kappa shape index (κ2) is 5.95. The van der Waals surface area contributed by atoms with Crippen LogP contribution in [0.2, 0.25) is 5.02 Å². The van der Waals surface area contributed by atoms with Crippen molar-refractivity contribution in [3.05, 3.63) is 28.8 Å². The van der Waals surface area contributed by atoms with E-state index in [2.05, 4.69) is 18.3 Å². The minimum atomic E-state index is 0.0600. The maximum atomic E-state index is 6.43. The summed E-state index contributed by atoms with van der Waals surface area (Å²) < 4.78 is 6.43. The van der Waals surface area contributed by atoms with E-state index in [0.29, 0.717) is 6.04 Å². The second-order valence-corrected chi connectivity index (χ2v) is 6.68. The fourth-order valence-corrected chi connectivity index (χ4v) is 3.82. The van der Waals surface area contributed by atoms with Crippen LogP contribution in [0, 0.1) is 0 Å². The molecule has 1 unspecified atom stereocenters. The van der Waals surface area contributed by atoms with E-state index in [0.717, 1.165) is 30.2 Å². The highest BCUT2D eigenvalue weighted by molar-refractivity contribution is 6.30. The van der Waals surface area contributed by atoms with Crippen molar-refractivity contribution < 1.29 is 4.74 Å². The van der Waals surface area contributed by atoms with Crippen LogP contribution < -0.4 is 10.1 Å². The Morgan fingerprint density at radius 3 is 2.85 bits per heavy atom. The van der Waals surface area contributed by atoms with Gasteiger partial charge in [0.1, 0.15) is 11.4 Å². The highest BCUT2D eigenvalue weighted by Crippen LogP contribution is 2.46. The number of benzene rings is 1. The maximum absolute atomic E-state index is 6.43. The number of hydrogen-bond acceptors (Lipinski definition) is 2. The first-order chi connectivity index (χ1) is 9.72. The molecule has 0 amide bonds. The minimum absolute atomic E-state index is 0.0600. The third kappa shape index (κ3) is 2.82. The van der Waals surface area contributed by atoms with Gasteiger partial charge in [-0.1, -0.05) is 24.9 Å². The van der Waals surface area contributed by atoms with Crippen molar-refractivity contribution in [2.75, 3.05) is 6.54 Å². The summed E-state index contributed by atoms with van der Waals surface area (Å²) in [6, 6.07) is 6.45. The smallest absolute Gasteiger partial charge is 0.125 e. The van der Waals surface area contributed by atoms with Crippen molar-refractivity contribution in [2.45, 2.75) is 63.5 Å². The van der Waals surface area contributed by atoms with E-state index in [9.17, 15) is 0 Å². The molecule has 1 atom stereocenters. The van der Waals surface area contributed by atoms with E-state index in [1.54, 1.807) is 0 Å². The largest absolute Gasteiger partial charge is 0.487 e. The molecule has 1 N–H and O–H groups in total. The molecule has 1 heterocycles. The van der Waals surface area contributed by atoms with Crippen molar-refractivity contribution in [1.82, 2.24) is 5.32 Å². The van der Waals surface area contributed by atoms with Gasteiger partial charge in [0, 0.05) is 23.0 Å². The molecule has 1 aliphatic carbocycles. The Kier molecular flexibility index (Phi) is 4.23. The van der Waals surface area contributed by atoms with Gasteiger partial charge in [-0.25, -0.2) is 0 Å². The van der Waals surface area contributed by atoms with Crippen LogP contribution in [0.1, 0.15) is 63.5 Å². The average Bonchev–Trinajstić information content (AvgIpc) is 2.46. The summed E-state index contributed by atoms with van der Waals surface area (Å²) in [5.74, 6) is 1.04. The molecule has 3 heteroatoms. The SMILES string of the molecule is CCCNC1CC2(CCCCC2)Oc2ccc(Cl)cc21. The number of ether oxygens (including phenoxy) is 1. The van der Waals surface area contributed by atoms with Crippen LogP contribution in [0.15, 0.2) is 18.2 Å². The Morgan fingerprint density at radius 1 is 1.30 bits per heavy atom. The van der Waals surface area contributed by atoms with E-state index in [1.165, 1.54) is 37.7 Å². The molecule has 1 spiro atoms.